The molecule has 2 nitrogen and oxygen atoms in total. The average molecular weight is 313 g/mol. The zero-order valence-electron chi connectivity index (χ0n) is 13.6. The van der Waals surface area contributed by atoms with Crippen molar-refractivity contribution in [3.8, 4) is 0 Å². The van der Waals surface area contributed by atoms with Gasteiger partial charge in [0.15, 0.2) is 7.14 Å². The third-order valence-electron chi connectivity index (χ3n) is 3.85. The molecule has 1 unspecified atom stereocenters. The Morgan fingerprint density at radius 2 is 1.64 bits per heavy atom. The van der Waals surface area contributed by atoms with Crippen molar-refractivity contribution in [1.82, 2.24) is 0 Å². The third kappa shape index (κ3) is 3.96. The Bertz CT molecular complexity index is 672. The van der Waals surface area contributed by atoms with Crippen molar-refractivity contribution in [3.63, 3.8) is 0 Å². The fourth-order valence-corrected chi connectivity index (χ4v) is 4.76. The van der Waals surface area contributed by atoms with Gasteiger partial charge < -0.3 is 4.57 Å². The summed E-state index contributed by atoms with van der Waals surface area (Å²) in [6.07, 6.45) is 2.67. The van der Waals surface area contributed by atoms with Gasteiger partial charge in [-0.2, -0.15) is 0 Å². The quantitative estimate of drug-likeness (QED) is 0.515. The summed E-state index contributed by atoms with van der Waals surface area (Å²) in [7, 11) is -2.59. The Labute approximate surface area is 133 Å². The highest BCUT2D eigenvalue weighted by Crippen LogP contribution is 2.43. The number of hydrogen-bond acceptors (Lipinski definition) is 2. The maximum Gasteiger partial charge on any atom is 0.153 e. The van der Waals surface area contributed by atoms with Gasteiger partial charge >= 0.3 is 0 Å². The van der Waals surface area contributed by atoms with Crippen LogP contribution < -0.4 is 5.30 Å². The highest BCUT2D eigenvalue weighted by atomic mass is 31.2. The fraction of sp³-hybridized carbons (Fsp3) is 0.316. The monoisotopic (exact) mass is 313 g/mol. The van der Waals surface area contributed by atoms with Crippen LogP contribution in [0, 0.1) is 13.8 Å². The normalized spacial score (nSPS) is 14.1. The molecule has 2 rings (SSSR count). The number of benzene rings is 2. The second kappa shape index (κ2) is 7.56. The Balaban J connectivity index is 2.39. The number of para-hydroxylation sites is 1. The molecule has 2 aromatic carbocycles. The maximum atomic E-state index is 13.4. The molecule has 0 heterocycles. The van der Waals surface area contributed by atoms with Gasteiger partial charge in [-0.15, -0.1) is 0 Å². The van der Waals surface area contributed by atoms with Crippen LogP contribution in [0.2, 0.25) is 0 Å². The molecule has 2 aromatic rings. The minimum Gasteiger partial charge on any atom is -0.313 e. The maximum absolute atomic E-state index is 13.4. The van der Waals surface area contributed by atoms with Crippen LogP contribution in [0.3, 0.4) is 0 Å². The van der Waals surface area contributed by atoms with Crippen LogP contribution in [0.15, 0.2) is 53.5 Å². The van der Waals surface area contributed by atoms with Crippen LogP contribution in [0.25, 0.3) is 0 Å². The van der Waals surface area contributed by atoms with E-state index in [2.05, 4.69) is 11.9 Å². The minimum absolute atomic E-state index is 0.682. The number of aliphatic imine (C=N–C) groups is 1. The SMILES string of the molecule is CCCCP(=O)(C=Nc1c(C)cccc1C)c1ccccc1. The summed E-state index contributed by atoms with van der Waals surface area (Å²) < 4.78 is 13.4. The molecule has 0 saturated carbocycles. The van der Waals surface area contributed by atoms with E-state index in [1.807, 2.05) is 62.4 Å². The van der Waals surface area contributed by atoms with Crippen molar-refractivity contribution >= 4 is 24.1 Å². The molecule has 0 aliphatic heterocycles. The van der Waals surface area contributed by atoms with Crippen molar-refractivity contribution in [3.05, 3.63) is 59.7 Å². The molecule has 0 bridgehead atoms. The van der Waals surface area contributed by atoms with Gasteiger partial charge in [0.25, 0.3) is 0 Å². The Kier molecular flexibility index (Phi) is 5.74. The first kappa shape index (κ1) is 16.7. The molecule has 0 fully saturated rings. The summed E-state index contributed by atoms with van der Waals surface area (Å²) in [5.74, 6) is 1.72. The first-order valence-corrected chi connectivity index (χ1v) is 9.79. The number of unbranched alkanes of at least 4 members (excludes halogenated alkanes) is 1. The van der Waals surface area contributed by atoms with Crippen LogP contribution in [0.5, 0.6) is 0 Å². The van der Waals surface area contributed by atoms with Gasteiger partial charge in [0.05, 0.1) is 11.6 Å². The average Bonchev–Trinajstić information content (AvgIpc) is 2.53. The van der Waals surface area contributed by atoms with E-state index in [1.54, 1.807) is 5.96 Å². The first-order valence-electron chi connectivity index (χ1n) is 7.82. The summed E-state index contributed by atoms with van der Waals surface area (Å²) >= 11 is 0. The van der Waals surface area contributed by atoms with Crippen LogP contribution >= 0.6 is 7.14 Å². The predicted octanol–water partition coefficient (Wildman–Crippen LogP) is 5.45. The van der Waals surface area contributed by atoms with E-state index in [-0.39, 0.29) is 0 Å². The molecule has 0 aromatic heterocycles. The summed E-state index contributed by atoms with van der Waals surface area (Å²) in [6, 6.07) is 15.9. The Morgan fingerprint density at radius 3 is 2.23 bits per heavy atom. The standard InChI is InChI=1S/C19H24NOP/c1-4-5-14-22(21,18-12-7-6-8-13-18)15-20-19-16(2)10-9-11-17(19)3/h6-13,15H,4-5,14H2,1-3H3. The summed E-state index contributed by atoms with van der Waals surface area (Å²) in [5, 5.41) is 0.901. The van der Waals surface area contributed by atoms with E-state index >= 15 is 0 Å². The zero-order valence-corrected chi connectivity index (χ0v) is 14.5. The minimum atomic E-state index is -2.59. The lowest BCUT2D eigenvalue weighted by Gasteiger charge is -2.14. The third-order valence-corrected chi connectivity index (χ3v) is 6.49. The lowest BCUT2D eigenvalue weighted by Crippen LogP contribution is -2.08. The molecule has 0 spiro atoms. The molecule has 0 aliphatic carbocycles. The highest BCUT2D eigenvalue weighted by Gasteiger charge is 2.21. The van der Waals surface area contributed by atoms with Crippen molar-refractivity contribution in [2.45, 2.75) is 33.6 Å². The largest absolute Gasteiger partial charge is 0.313 e. The summed E-state index contributed by atoms with van der Waals surface area (Å²) in [6.45, 7) is 6.20. The van der Waals surface area contributed by atoms with Gasteiger partial charge in [-0.3, -0.25) is 4.99 Å². The van der Waals surface area contributed by atoms with Crippen LogP contribution in [-0.4, -0.2) is 12.1 Å². The predicted molar refractivity (Wildman–Crippen MR) is 97.5 cm³/mol. The van der Waals surface area contributed by atoms with E-state index in [1.165, 1.54) is 0 Å². The Hall–Kier alpha value is -1.66. The second-order valence-corrected chi connectivity index (χ2v) is 8.48. The number of rotatable bonds is 6. The van der Waals surface area contributed by atoms with Gasteiger partial charge in [0, 0.05) is 11.5 Å². The van der Waals surface area contributed by atoms with Gasteiger partial charge in [0.2, 0.25) is 0 Å². The van der Waals surface area contributed by atoms with Gasteiger partial charge in [-0.1, -0.05) is 61.9 Å². The molecular formula is C19H24NOP. The van der Waals surface area contributed by atoms with Gasteiger partial charge in [0.1, 0.15) is 0 Å². The van der Waals surface area contributed by atoms with Crippen molar-refractivity contribution in [2.75, 3.05) is 6.16 Å². The molecule has 0 amide bonds. The lowest BCUT2D eigenvalue weighted by atomic mass is 10.1. The first-order chi connectivity index (χ1) is 10.6. The second-order valence-electron chi connectivity index (χ2n) is 5.69. The molecule has 116 valence electrons. The van der Waals surface area contributed by atoms with Crippen LogP contribution in [0.1, 0.15) is 30.9 Å². The molecule has 0 radical (unpaired) electrons. The van der Waals surface area contributed by atoms with Gasteiger partial charge in [-0.25, -0.2) is 0 Å². The molecular weight excluding hydrogens is 289 g/mol. The molecule has 3 heteroatoms. The molecule has 22 heavy (non-hydrogen) atoms. The fourth-order valence-electron chi connectivity index (χ4n) is 2.49. The van der Waals surface area contributed by atoms with Crippen molar-refractivity contribution in [1.29, 1.82) is 0 Å². The van der Waals surface area contributed by atoms with E-state index < -0.39 is 7.14 Å². The summed E-state index contributed by atoms with van der Waals surface area (Å²) in [4.78, 5) is 4.62. The van der Waals surface area contributed by atoms with Crippen molar-refractivity contribution in [2.24, 2.45) is 4.99 Å². The van der Waals surface area contributed by atoms with Gasteiger partial charge in [-0.05, 0) is 31.4 Å². The number of nitrogens with zero attached hydrogens (tertiary/aromatic N) is 1. The molecule has 0 N–H and O–H groups in total. The smallest absolute Gasteiger partial charge is 0.153 e. The van der Waals surface area contributed by atoms with E-state index in [0.717, 1.165) is 35.0 Å². The molecule has 0 aliphatic rings. The van der Waals surface area contributed by atoms with E-state index in [9.17, 15) is 4.57 Å². The van der Waals surface area contributed by atoms with Crippen molar-refractivity contribution < 1.29 is 4.57 Å². The number of aryl methyl sites for hydroxylation is 2. The Morgan fingerprint density at radius 1 is 1.00 bits per heavy atom. The van der Waals surface area contributed by atoms with Crippen LogP contribution in [-0.2, 0) is 4.57 Å². The topological polar surface area (TPSA) is 29.4 Å². The summed E-state index contributed by atoms with van der Waals surface area (Å²) in [5.41, 5.74) is 3.17. The lowest BCUT2D eigenvalue weighted by molar-refractivity contribution is 0.587. The molecule has 1 atom stereocenters. The highest BCUT2D eigenvalue weighted by molar-refractivity contribution is 7.85. The van der Waals surface area contributed by atoms with Crippen LogP contribution in [0.4, 0.5) is 5.69 Å². The number of hydrogen-bond donors (Lipinski definition) is 0. The van der Waals surface area contributed by atoms with E-state index in [0.29, 0.717) is 6.16 Å². The zero-order chi connectivity index (χ0) is 16.0. The molecule has 0 saturated heterocycles. The van der Waals surface area contributed by atoms with E-state index in [4.69, 9.17) is 0 Å².